The minimum Gasteiger partial charge on any atom is -0.495 e. The first kappa shape index (κ1) is 18.9. The minimum absolute atomic E-state index is 0.0641. The van der Waals surface area contributed by atoms with Gasteiger partial charge >= 0.3 is 0 Å². The molecule has 128 valence electrons. The van der Waals surface area contributed by atoms with Crippen molar-refractivity contribution >= 4 is 21.8 Å². The van der Waals surface area contributed by atoms with Gasteiger partial charge in [-0.1, -0.05) is 26.0 Å². The van der Waals surface area contributed by atoms with Crippen LogP contribution in [0.15, 0.2) is 29.2 Å². The second kappa shape index (κ2) is 7.93. The van der Waals surface area contributed by atoms with Crippen molar-refractivity contribution in [3.63, 3.8) is 0 Å². The van der Waals surface area contributed by atoms with E-state index in [0.29, 0.717) is 0 Å². The van der Waals surface area contributed by atoms with Crippen molar-refractivity contribution in [3.8, 4) is 5.75 Å². The van der Waals surface area contributed by atoms with E-state index < -0.39 is 33.9 Å². The third-order valence-corrected chi connectivity index (χ3v) is 4.41. The summed E-state index contributed by atoms with van der Waals surface area (Å²) in [7, 11) is -2.91. The van der Waals surface area contributed by atoms with E-state index >= 15 is 0 Å². The van der Waals surface area contributed by atoms with Crippen molar-refractivity contribution in [2.75, 3.05) is 13.7 Å². The molecule has 8 nitrogen and oxygen atoms in total. The molecule has 1 aromatic carbocycles. The smallest absolute Gasteiger partial charge is 0.267 e. The van der Waals surface area contributed by atoms with E-state index in [9.17, 15) is 23.1 Å². The SMILES string of the molecule is CC.COc1ccccc1S(=O)(=O)NC(=O)C1C(=O)NCC1O. The fourth-order valence-corrected chi connectivity index (χ4v) is 3.17. The quantitative estimate of drug-likeness (QED) is 0.641. The molecule has 2 atom stereocenters. The van der Waals surface area contributed by atoms with Gasteiger partial charge in [0.2, 0.25) is 11.8 Å². The summed E-state index contributed by atoms with van der Waals surface area (Å²) in [6.07, 6.45) is -1.26. The van der Waals surface area contributed by atoms with Crippen LogP contribution >= 0.6 is 0 Å². The summed E-state index contributed by atoms with van der Waals surface area (Å²) in [4.78, 5) is 23.1. The molecule has 9 heteroatoms. The predicted octanol–water partition coefficient (Wildman–Crippen LogP) is -0.367. The number of ether oxygens (including phenoxy) is 1. The van der Waals surface area contributed by atoms with Gasteiger partial charge in [0, 0.05) is 6.54 Å². The van der Waals surface area contributed by atoms with Crippen LogP contribution in [0.4, 0.5) is 0 Å². The van der Waals surface area contributed by atoms with Crippen LogP contribution in [0.3, 0.4) is 0 Å². The Morgan fingerprint density at radius 2 is 1.96 bits per heavy atom. The lowest BCUT2D eigenvalue weighted by atomic mass is 10.1. The molecule has 23 heavy (non-hydrogen) atoms. The number of rotatable bonds is 4. The number of aliphatic hydroxyl groups excluding tert-OH is 1. The Morgan fingerprint density at radius 3 is 2.48 bits per heavy atom. The lowest BCUT2D eigenvalue weighted by molar-refractivity contribution is -0.134. The molecule has 0 saturated carbocycles. The predicted molar refractivity (Wildman–Crippen MR) is 82.2 cm³/mol. The molecule has 1 fully saturated rings. The van der Waals surface area contributed by atoms with Gasteiger partial charge in [0.25, 0.3) is 10.0 Å². The van der Waals surface area contributed by atoms with Crippen molar-refractivity contribution < 1.29 is 27.9 Å². The maximum absolute atomic E-state index is 12.2. The second-order valence-electron chi connectivity index (χ2n) is 4.41. The third kappa shape index (κ3) is 4.20. The molecule has 2 amide bonds. The normalized spacial score (nSPS) is 20.1. The highest BCUT2D eigenvalue weighted by molar-refractivity contribution is 7.90. The number of sulfonamides is 1. The average molecular weight is 344 g/mol. The molecule has 1 aliphatic heterocycles. The van der Waals surface area contributed by atoms with Crippen LogP contribution in [0, 0.1) is 5.92 Å². The number of para-hydroxylation sites is 1. The fourth-order valence-electron chi connectivity index (χ4n) is 1.99. The molecule has 3 N–H and O–H groups in total. The lowest BCUT2D eigenvalue weighted by Gasteiger charge is -2.14. The molecule has 0 aliphatic carbocycles. The number of aliphatic hydroxyl groups is 1. The number of carbonyl (C=O) groups excluding carboxylic acids is 2. The van der Waals surface area contributed by atoms with E-state index in [4.69, 9.17) is 4.74 Å². The Morgan fingerprint density at radius 1 is 1.35 bits per heavy atom. The summed E-state index contributed by atoms with van der Waals surface area (Å²) >= 11 is 0. The first-order valence-corrected chi connectivity index (χ1v) is 8.50. The first-order valence-electron chi connectivity index (χ1n) is 7.02. The monoisotopic (exact) mass is 344 g/mol. The van der Waals surface area contributed by atoms with Gasteiger partial charge in [0.1, 0.15) is 16.6 Å². The van der Waals surface area contributed by atoms with Crippen LogP contribution in [0.1, 0.15) is 13.8 Å². The Hall–Kier alpha value is -2.13. The molecule has 0 radical (unpaired) electrons. The standard InChI is InChI=1S/C12H14N2O6S.C2H6/c1-20-8-4-2-3-5-9(8)21(18,19)14-12(17)10-7(15)6-13-11(10)16;1-2/h2-5,7,10,15H,6H2,1H3,(H,13,16)(H,14,17);1-2H3. The molecule has 0 bridgehead atoms. The Kier molecular flexibility index (Phi) is 6.52. The third-order valence-electron chi connectivity index (χ3n) is 3.03. The van der Waals surface area contributed by atoms with Crippen molar-refractivity contribution in [2.45, 2.75) is 24.8 Å². The van der Waals surface area contributed by atoms with Gasteiger partial charge in [-0.15, -0.1) is 0 Å². The molecular weight excluding hydrogens is 324 g/mol. The van der Waals surface area contributed by atoms with E-state index in [-0.39, 0.29) is 17.2 Å². The lowest BCUT2D eigenvalue weighted by Crippen LogP contribution is -2.42. The molecule has 0 spiro atoms. The number of methoxy groups -OCH3 is 1. The van der Waals surface area contributed by atoms with Crippen LogP contribution < -0.4 is 14.8 Å². The fraction of sp³-hybridized carbons (Fsp3) is 0.429. The van der Waals surface area contributed by atoms with E-state index in [1.807, 2.05) is 13.8 Å². The van der Waals surface area contributed by atoms with Crippen LogP contribution in [0.5, 0.6) is 5.75 Å². The van der Waals surface area contributed by atoms with E-state index in [1.165, 1.54) is 25.3 Å². The minimum atomic E-state index is -4.20. The van der Waals surface area contributed by atoms with Crippen molar-refractivity contribution in [1.82, 2.24) is 10.0 Å². The Balaban J connectivity index is 0.00000127. The zero-order chi connectivity index (χ0) is 17.6. The van der Waals surface area contributed by atoms with Gasteiger partial charge in [0.05, 0.1) is 13.2 Å². The molecule has 1 heterocycles. The van der Waals surface area contributed by atoms with E-state index in [1.54, 1.807) is 10.8 Å². The van der Waals surface area contributed by atoms with Gasteiger partial charge in [-0.25, -0.2) is 13.1 Å². The first-order chi connectivity index (χ1) is 10.9. The van der Waals surface area contributed by atoms with Gasteiger partial charge in [0.15, 0.2) is 0 Å². The summed E-state index contributed by atoms with van der Waals surface area (Å²) in [5.41, 5.74) is 0. The summed E-state index contributed by atoms with van der Waals surface area (Å²) in [6.45, 7) is 3.91. The second-order valence-corrected chi connectivity index (χ2v) is 6.06. The summed E-state index contributed by atoms with van der Waals surface area (Å²) in [6, 6.07) is 5.74. The number of β-amino-alcohol motifs (C(OH)–C–C–N with tert-alkyl or cyclic N) is 1. The number of carbonyl (C=O) groups is 2. The van der Waals surface area contributed by atoms with Crippen molar-refractivity contribution in [1.29, 1.82) is 0 Å². The number of amides is 2. The van der Waals surface area contributed by atoms with E-state index in [0.717, 1.165) is 0 Å². The molecular formula is C14H20N2O6S. The number of benzene rings is 1. The van der Waals surface area contributed by atoms with Crippen LogP contribution in [-0.4, -0.2) is 45.1 Å². The summed E-state index contributed by atoms with van der Waals surface area (Å²) in [5, 5.41) is 11.8. The van der Waals surface area contributed by atoms with Gasteiger partial charge in [-0.3, -0.25) is 9.59 Å². The molecule has 2 rings (SSSR count). The highest BCUT2D eigenvalue weighted by Gasteiger charge is 2.41. The average Bonchev–Trinajstić information content (AvgIpc) is 2.87. The number of hydrogen-bond donors (Lipinski definition) is 3. The van der Waals surface area contributed by atoms with Crippen LogP contribution in [0.2, 0.25) is 0 Å². The number of nitrogens with one attached hydrogen (secondary N) is 2. The zero-order valence-electron chi connectivity index (χ0n) is 13.1. The molecule has 1 aliphatic rings. The summed E-state index contributed by atoms with van der Waals surface area (Å²) < 4.78 is 31.0. The van der Waals surface area contributed by atoms with E-state index in [2.05, 4.69) is 5.32 Å². The van der Waals surface area contributed by atoms with Crippen molar-refractivity contribution in [2.24, 2.45) is 5.92 Å². The molecule has 2 unspecified atom stereocenters. The van der Waals surface area contributed by atoms with Gasteiger partial charge < -0.3 is 15.2 Å². The highest BCUT2D eigenvalue weighted by Crippen LogP contribution is 2.23. The molecule has 1 saturated heterocycles. The summed E-state index contributed by atoms with van der Waals surface area (Å²) in [5.74, 6) is -3.18. The van der Waals surface area contributed by atoms with Gasteiger partial charge in [-0.05, 0) is 12.1 Å². The zero-order valence-corrected chi connectivity index (χ0v) is 13.9. The topological polar surface area (TPSA) is 122 Å². The number of hydrogen-bond acceptors (Lipinski definition) is 6. The largest absolute Gasteiger partial charge is 0.495 e. The Labute approximate surface area is 134 Å². The van der Waals surface area contributed by atoms with Crippen molar-refractivity contribution in [3.05, 3.63) is 24.3 Å². The molecule has 1 aromatic rings. The Bertz CT molecular complexity index is 674. The highest BCUT2D eigenvalue weighted by atomic mass is 32.2. The molecule has 0 aromatic heterocycles. The van der Waals surface area contributed by atoms with Gasteiger partial charge in [-0.2, -0.15) is 0 Å². The maximum Gasteiger partial charge on any atom is 0.267 e. The van der Waals surface area contributed by atoms with Crippen LogP contribution in [-0.2, 0) is 19.6 Å². The maximum atomic E-state index is 12.2. The van der Waals surface area contributed by atoms with Crippen LogP contribution in [0.25, 0.3) is 0 Å².